The van der Waals surface area contributed by atoms with E-state index >= 15 is 0 Å². The predicted molar refractivity (Wildman–Crippen MR) is 81.4 cm³/mol. The number of nitrogen functional groups attached to an aromatic ring is 1. The SMILES string of the molecule is C=CC(=O)N1C[C@H](Nc2ncnc(N)c2C(=O)O)CC[C@@H]1C. The molecule has 0 unspecified atom stereocenters. The van der Waals surface area contributed by atoms with E-state index < -0.39 is 5.97 Å². The summed E-state index contributed by atoms with van der Waals surface area (Å²) in [6.45, 7) is 5.93. The van der Waals surface area contributed by atoms with E-state index in [1.165, 1.54) is 12.4 Å². The zero-order chi connectivity index (χ0) is 16.3. The molecular weight excluding hydrogens is 286 g/mol. The van der Waals surface area contributed by atoms with Gasteiger partial charge in [0.2, 0.25) is 5.91 Å². The minimum absolute atomic E-state index is 0.0896. The number of carbonyl (C=O) groups is 2. The van der Waals surface area contributed by atoms with E-state index in [4.69, 9.17) is 5.73 Å². The van der Waals surface area contributed by atoms with Gasteiger partial charge in [-0.25, -0.2) is 14.8 Å². The summed E-state index contributed by atoms with van der Waals surface area (Å²) in [7, 11) is 0. The number of hydrogen-bond acceptors (Lipinski definition) is 6. The van der Waals surface area contributed by atoms with Gasteiger partial charge in [0, 0.05) is 18.6 Å². The van der Waals surface area contributed by atoms with Crippen molar-refractivity contribution in [3.8, 4) is 0 Å². The lowest BCUT2D eigenvalue weighted by molar-refractivity contribution is -0.129. The second-order valence-corrected chi connectivity index (χ2v) is 5.25. The van der Waals surface area contributed by atoms with Crippen molar-refractivity contribution < 1.29 is 14.7 Å². The van der Waals surface area contributed by atoms with Gasteiger partial charge in [0.15, 0.2) is 0 Å². The second kappa shape index (κ2) is 6.42. The molecule has 0 aliphatic carbocycles. The summed E-state index contributed by atoms with van der Waals surface area (Å²) in [5.41, 5.74) is 5.45. The molecule has 1 aliphatic rings. The van der Waals surface area contributed by atoms with Crippen molar-refractivity contribution in [3.63, 3.8) is 0 Å². The summed E-state index contributed by atoms with van der Waals surface area (Å²) in [6, 6.07) is 0.0189. The molecule has 2 rings (SSSR count). The van der Waals surface area contributed by atoms with Gasteiger partial charge in [0.05, 0.1) is 0 Å². The molecule has 22 heavy (non-hydrogen) atoms. The molecule has 1 fully saturated rings. The Morgan fingerprint density at radius 2 is 2.23 bits per heavy atom. The van der Waals surface area contributed by atoms with E-state index in [0.29, 0.717) is 6.54 Å². The second-order valence-electron chi connectivity index (χ2n) is 5.25. The number of aromatic carboxylic acids is 1. The number of hydrogen-bond donors (Lipinski definition) is 3. The normalized spacial score (nSPS) is 21.2. The molecule has 1 aromatic rings. The number of amides is 1. The zero-order valence-electron chi connectivity index (χ0n) is 12.3. The van der Waals surface area contributed by atoms with Crippen molar-refractivity contribution in [2.24, 2.45) is 0 Å². The van der Waals surface area contributed by atoms with Gasteiger partial charge in [-0.3, -0.25) is 4.79 Å². The maximum Gasteiger partial charge on any atom is 0.343 e. The maximum atomic E-state index is 11.8. The molecule has 118 valence electrons. The van der Waals surface area contributed by atoms with Crippen LogP contribution in [0.4, 0.5) is 11.6 Å². The lowest BCUT2D eigenvalue weighted by Crippen LogP contribution is -2.49. The Morgan fingerprint density at radius 3 is 2.86 bits per heavy atom. The van der Waals surface area contributed by atoms with E-state index in [1.54, 1.807) is 4.90 Å². The number of piperidine rings is 1. The molecule has 2 heterocycles. The number of nitrogens with zero attached hydrogens (tertiary/aromatic N) is 3. The Morgan fingerprint density at radius 1 is 1.50 bits per heavy atom. The fourth-order valence-electron chi connectivity index (χ4n) is 2.56. The molecule has 0 aromatic carbocycles. The predicted octanol–water partition coefficient (Wildman–Crippen LogP) is 0.734. The molecule has 1 aromatic heterocycles. The van der Waals surface area contributed by atoms with Gasteiger partial charge in [-0.05, 0) is 25.8 Å². The number of anilines is 2. The first-order valence-corrected chi connectivity index (χ1v) is 6.97. The molecule has 0 radical (unpaired) electrons. The number of carbonyl (C=O) groups excluding carboxylic acids is 1. The van der Waals surface area contributed by atoms with Crippen LogP contribution in [0, 0.1) is 0 Å². The van der Waals surface area contributed by atoms with Crippen LogP contribution in [0.15, 0.2) is 19.0 Å². The van der Waals surface area contributed by atoms with Gasteiger partial charge in [-0.2, -0.15) is 0 Å². The third-order valence-corrected chi connectivity index (χ3v) is 3.77. The van der Waals surface area contributed by atoms with Crippen LogP contribution in [0.2, 0.25) is 0 Å². The van der Waals surface area contributed by atoms with Crippen LogP contribution in [0.1, 0.15) is 30.1 Å². The Bertz CT molecular complexity index is 604. The van der Waals surface area contributed by atoms with Gasteiger partial charge < -0.3 is 21.1 Å². The highest BCUT2D eigenvalue weighted by atomic mass is 16.4. The Kier molecular flexibility index (Phi) is 4.59. The molecule has 8 nitrogen and oxygen atoms in total. The lowest BCUT2D eigenvalue weighted by atomic mass is 9.99. The largest absolute Gasteiger partial charge is 0.477 e. The van der Waals surface area contributed by atoms with Gasteiger partial charge in [0.1, 0.15) is 23.5 Å². The quantitative estimate of drug-likeness (QED) is 0.701. The third-order valence-electron chi connectivity index (χ3n) is 3.77. The first kappa shape index (κ1) is 15.7. The molecule has 4 N–H and O–H groups in total. The van der Waals surface area contributed by atoms with E-state index in [9.17, 15) is 14.7 Å². The summed E-state index contributed by atoms with van der Waals surface area (Å²) in [5.74, 6) is -1.25. The first-order chi connectivity index (χ1) is 10.4. The van der Waals surface area contributed by atoms with Crippen molar-refractivity contribution in [1.29, 1.82) is 0 Å². The average molecular weight is 305 g/mol. The van der Waals surface area contributed by atoms with Crippen molar-refractivity contribution in [2.75, 3.05) is 17.6 Å². The molecule has 1 aliphatic heterocycles. The van der Waals surface area contributed by atoms with Crippen LogP contribution in [0.3, 0.4) is 0 Å². The molecule has 0 saturated carbocycles. The minimum Gasteiger partial charge on any atom is -0.477 e. The minimum atomic E-state index is -1.19. The number of carboxylic acid groups (broad SMARTS) is 1. The number of rotatable bonds is 4. The summed E-state index contributed by atoms with van der Waals surface area (Å²) in [4.78, 5) is 32.5. The van der Waals surface area contributed by atoms with E-state index in [-0.39, 0.29) is 35.2 Å². The molecule has 8 heteroatoms. The van der Waals surface area contributed by atoms with Gasteiger partial charge in [0.25, 0.3) is 0 Å². The molecule has 1 amide bonds. The van der Waals surface area contributed by atoms with E-state index in [2.05, 4.69) is 21.9 Å². The highest BCUT2D eigenvalue weighted by molar-refractivity contribution is 5.97. The number of nitrogens with one attached hydrogen (secondary N) is 1. The van der Waals surface area contributed by atoms with Gasteiger partial charge in [-0.15, -0.1) is 0 Å². The number of carboxylic acids is 1. The van der Waals surface area contributed by atoms with Crippen molar-refractivity contribution in [2.45, 2.75) is 31.8 Å². The van der Waals surface area contributed by atoms with Crippen molar-refractivity contribution >= 4 is 23.5 Å². The standard InChI is InChI=1S/C14H19N5O3/c1-3-10(20)19-6-9(5-4-8(19)2)18-13-11(14(21)22)12(15)16-7-17-13/h3,7-9H,1,4-6H2,2H3,(H,21,22)(H3,15,16,17,18)/t8-,9+/m0/s1. The summed E-state index contributed by atoms with van der Waals surface area (Å²) in [6.07, 6.45) is 4.09. The number of aromatic nitrogens is 2. The Balaban J connectivity index is 2.18. The number of likely N-dealkylation sites (tertiary alicyclic amines) is 1. The van der Waals surface area contributed by atoms with Crippen LogP contribution in [0.5, 0.6) is 0 Å². The van der Waals surface area contributed by atoms with Crippen LogP contribution in [-0.2, 0) is 4.79 Å². The molecule has 0 bridgehead atoms. The van der Waals surface area contributed by atoms with Crippen molar-refractivity contribution in [3.05, 3.63) is 24.5 Å². The van der Waals surface area contributed by atoms with Gasteiger partial charge >= 0.3 is 5.97 Å². The monoisotopic (exact) mass is 305 g/mol. The lowest BCUT2D eigenvalue weighted by Gasteiger charge is -2.38. The Labute approximate surface area is 128 Å². The maximum absolute atomic E-state index is 11.8. The summed E-state index contributed by atoms with van der Waals surface area (Å²) in [5, 5.41) is 12.3. The van der Waals surface area contributed by atoms with E-state index in [1.807, 2.05) is 6.92 Å². The third kappa shape index (κ3) is 3.16. The highest BCUT2D eigenvalue weighted by Crippen LogP contribution is 2.23. The average Bonchev–Trinajstić information content (AvgIpc) is 2.48. The topological polar surface area (TPSA) is 121 Å². The Hall–Kier alpha value is -2.64. The first-order valence-electron chi connectivity index (χ1n) is 6.97. The highest BCUT2D eigenvalue weighted by Gasteiger charge is 2.29. The smallest absolute Gasteiger partial charge is 0.343 e. The molecule has 2 atom stereocenters. The van der Waals surface area contributed by atoms with Crippen LogP contribution < -0.4 is 11.1 Å². The molecule has 1 saturated heterocycles. The molecular formula is C14H19N5O3. The van der Waals surface area contributed by atoms with Crippen LogP contribution in [0.25, 0.3) is 0 Å². The fourth-order valence-corrected chi connectivity index (χ4v) is 2.56. The number of nitrogens with two attached hydrogens (primary N) is 1. The van der Waals surface area contributed by atoms with Crippen LogP contribution >= 0.6 is 0 Å². The summed E-state index contributed by atoms with van der Waals surface area (Å²) < 4.78 is 0. The summed E-state index contributed by atoms with van der Waals surface area (Å²) >= 11 is 0. The van der Waals surface area contributed by atoms with Crippen LogP contribution in [-0.4, -0.2) is 50.5 Å². The van der Waals surface area contributed by atoms with Gasteiger partial charge in [-0.1, -0.05) is 6.58 Å². The van der Waals surface area contributed by atoms with Crippen molar-refractivity contribution in [1.82, 2.24) is 14.9 Å². The van der Waals surface area contributed by atoms with E-state index in [0.717, 1.165) is 12.8 Å². The fraction of sp³-hybridized carbons (Fsp3) is 0.429. The zero-order valence-corrected chi connectivity index (χ0v) is 12.3. The molecule has 0 spiro atoms.